The molecule has 0 aliphatic carbocycles. The van der Waals surface area contributed by atoms with Gasteiger partial charge >= 0.3 is 0 Å². The second-order valence-electron chi connectivity index (χ2n) is 3.13. The molecule has 5 heteroatoms. The molecule has 0 aliphatic rings. The maximum absolute atomic E-state index is 13.3. The standard InChI is InChI=1S/C12H6FNO2S/c13-11-2-1-3-12(10(11)5-14)16-8-4-9(6-15)17-7-8/h1-4,6-7H. The molecule has 0 radical (unpaired) electrons. The van der Waals surface area contributed by atoms with Gasteiger partial charge in [0.1, 0.15) is 28.9 Å². The molecule has 0 fully saturated rings. The lowest BCUT2D eigenvalue weighted by molar-refractivity contribution is 0.112. The molecule has 0 saturated heterocycles. The highest BCUT2D eigenvalue weighted by Gasteiger charge is 2.10. The first-order chi connectivity index (χ1) is 8.24. The summed E-state index contributed by atoms with van der Waals surface area (Å²) < 4.78 is 18.6. The van der Waals surface area contributed by atoms with E-state index < -0.39 is 5.82 Å². The normalized spacial score (nSPS) is 9.65. The average Bonchev–Trinajstić information content (AvgIpc) is 2.77. The van der Waals surface area contributed by atoms with E-state index in [0.717, 1.165) is 0 Å². The van der Waals surface area contributed by atoms with Gasteiger partial charge in [0.05, 0.1) is 4.88 Å². The molecular formula is C12H6FNO2S. The van der Waals surface area contributed by atoms with Crippen LogP contribution >= 0.6 is 11.3 Å². The second kappa shape index (κ2) is 4.76. The van der Waals surface area contributed by atoms with Crippen LogP contribution in [0.25, 0.3) is 0 Å². The zero-order valence-electron chi connectivity index (χ0n) is 8.51. The molecule has 1 aromatic heterocycles. The van der Waals surface area contributed by atoms with Gasteiger partial charge < -0.3 is 4.74 Å². The van der Waals surface area contributed by atoms with Crippen LogP contribution in [0.1, 0.15) is 15.2 Å². The maximum Gasteiger partial charge on any atom is 0.160 e. The number of halogens is 1. The lowest BCUT2D eigenvalue weighted by Crippen LogP contribution is -1.90. The van der Waals surface area contributed by atoms with Gasteiger partial charge in [-0.1, -0.05) is 6.07 Å². The molecule has 1 aromatic carbocycles. The predicted molar refractivity (Wildman–Crippen MR) is 60.9 cm³/mol. The summed E-state index contributed by atoms with van der Waals surface area (Å²) in [5.41, 5.74) is -0.147. The van der Waals surface area contributed by atoms with Crippen LogP contribution in [0, 0.1) is 17.1 Å². The van der Waals surface area contributed by atoms with E-state index in [-0.39, 0.29) is 11.3 Å². The topological polar surface area (TPSA) is 50.1 Å². The first-order valence-electron chi connectivity index (χ1n) is 4.65. The zero-order valence-corrected chi connectivity index (χ0v) is 9.33. The van der Waals surface area contributed by atoms with E-state index in [9.17, 15) is 9.18 Å². The van der Waals surface area contributed by atoms with Crippen LogP contribution in [0.2, 0.25) is 0 Å². The quantitative estimate of drug-likeness (QED) is 0.781. The van der Waals surface area contributed by atoms with Gasteiger partial charge in [-0.25, -0.2) is 4.39 Å². The van der Waals surface area contributed by atoms with Gasteiger partial charge in [0.2, 0.25) is 0 Å². The first kappa shape index (κ1) is 11.3. The van der Waals surface area contributed by atoms with E-state index in [2.05, 4.69) is 0 Å². The molecule has 17 heavy (non-hydrogen) atoms. The van der Waals surface area contributed by atoms with Gasteiger partial charge in [0, 0.05) is 11.4 Å². The van der Waals surface area contributed by atoms with Crippen molar-refractivity contribution in [3.63, 3.8) is 0 Å². The molecule has 2 rings (SSSR count). The van der Waals surface area contributed by atoms with Crippen LogP contribution in [0.3, 0.4) is 0 Å². The molecule has 0 unspecified atom stereocenters. The molecule has 0 N–H and O–H groups in total. The first-order valence-corrected chi connectivity index (χ1v) is 5.52. The number of rotatable bonds is 3. The maximum atomic E-state index is 13.3. The summed E-state index contributed by atoms with van der Waals surface area (Å²) in [6, 6.07) is 7.42. The van der Waals surface area contributed by atoms with Gasteiger partial charge in [-0.3, -0.25) is 4.79 Å². The summed E-state index contributed by atoms with van der Waals surface area (Å²) in [5, 5.41) is 10.4. The number of carbonyl (C=O) groups is 1. The lowest BCUT2D eigenvalue weighted by atomic mass is 10.2. The van der Waals surface area contributed by atoms with E-state index in [1.807, 2.05) is 0 Å². The van der Waals surface area contributed by atoms with Gasteiger partial charge in [-0.2, -0.15) is 5.26 Å². The monoisotopic (exact) mass is 247 g/mol. The number of benzene rings is 1. The van der Waals surface area contributed by atoms with E-state index >= 15 is 0 Å². The Labute approximate surface area is 101 Å². The van der Waals surface area contributed by atoms with Crippen LogP contribution in [0.15, 0.2) is 29.6 Å². The van der Waals surface area contributed by atoms with Gasteiger partial charge in [-0.05, 0) is 12.1 Å². The van der Waals surface area contributed by atoms with Crippen LogP contribution < -0.4 is 4.74 Å². The molecule has 0 saturated carbocycles. The molecule has 0 spiro atoms. The number of nitriles is 1. The molecule has 0 bridgehead atoms. The van der Waals surface area contributed by atoms with Crippen molar-refractivity contribution in [1.82, 2.24) is 0 Å². The van der Waals surface area contributed by atoms with Crippen LogP contribution in [0.4, 0.5) is 4.39 Å². The third kappa shape index (κ3) is 2.32. The Kier molecular flexibility index (Phi) is 3.17. The van der Waals surface area contributed by atoms with Crippen molar-refractivity contribution in [2.45, 2.75) is 0 Å². The summed E-state index contributed by atoms with van der Waals surface area (Å²) >= 11 is 1.22. The molecule has 1 heterocycles. The zero-order chi connectivity index (χ0) is 12.3. The number of nitrogens with zero attached hydrogens (tertiary/aromatic N) is 1. The second-order valence-corrected chi connectivity index (χ2v) is 4.07. The summed E-state index contributed by atoms with van der Waals surface area (Å²) in [5.74, 6) is -0.0715. The third-order valence-electron chi connectivity index (χ3n) is 2.03. The minimum atomic E-state index is -0.629. The Morgan fingerprint density at radius 3 is 2.94 bits per heavy atom. The Balaban J connectivity index is 2.33. The molecule has 0 amide bonds. The predicted octanol–water partition coefficient (Wildman–Crippen LogP) is 3.36. The van der Waals surface area contributed by atoms with Gasteiger partial charge in [-0.15, -0.1) is 11.3 Å². The Bertz CT molecular complexity index is 601. The summed E-state index contributed by atoms with van der Waals surface area (Å²) in [4.78, 5) is 11.0. The van der Waals surface area contributed by atoms with Crippen molar-refractivity contribution in [1.29, 1.82) is 5.26 Å². The summed E-state index contributed by atoms with van der Waals surface area (Å²) in [7, 11) is 0. The van der Waals surface area contributed by atoms with Crippen molar-refractivity contribution in [2.75, 3.05) is 0 Å². The van der Waals surface area contributed by atoms with Crippen LogP contribution in [-0.4, -0.2) is 6.29 Å². The number of ether oxygens (including phenoxy) is 1. The molecule has 2 aromatic rings. The van der Waals surface area contributed by atoms with E-state index in [0.29, 0.717) is 16.9 Å². The van der Waals surface area contributed by atoms with E-state index in [1.165, 1.54) is 35.6 Å². The smallest absolute Gasteiger partial charge is 0.160 e. The number of hydrogen-bond donors (Lipinski definition) is 0. The molecule has 0 aliphatic heterocycles. The van der Waals surface area contributed by atoms with Crippen LogP contribution in [-0.2, 0) is 0 Å². The largest absolute Gasteiger partial charge is 0.455 e. The molecule has 0 atom stereocenters. The number of thiophene rings is 1. The van der Waals surface area contributed by atoms with Gasteiger partial charge in [0.25, 0.3) is 0 Å². The van der Waals surface area contributed by atoms with Crippen LogP contribution in [0.5, 0.6) is 11.5 Å². The Hall–Kier alpha value is -2.19. The highest BCUT2D eigenvalue weighted by molar-refractivity contribution is 7.11. The summed E-state index contributed by atoms with van der Waals surface area (Å²) in [6.45, 7) is 0. The van der Waals surface area contributed by atoms with Crippen molar-refractivity contribution in [3.05, 3.63) is 45.9 Å². The minimum absolute atomic E-state index is 0.141. The van der Waals surface area contributed by atoms with Crippen molar-refractivity contribution in [3.8, 4) is 17.6 Å². The highest BCUT2D eigenvalue weighted by Crippen LogP contribution is 2.29. The number of carbonyl (C=O) groups excluding carboxylic acids is 1. The number of aldehydes is 1. The van der Waals surface area contributed by atoms with E-state index in [1.54, 1.807) is 11.4 Å². The SMILES string of the molecule is N#Cc1c(F)cccc1Oc1csc(C=O)c1. The molecule has 3 nitrogen and oxygen atoms in total. The third-order valence-corrected chi connectivity index (χ3v) is 2.86. The minimum Gasteiger partial charge on any atom is -0.455 e. The highest BCUT2D eigenvalue weighted by atomic mass is 32.1. The fourth-order valence-corrected chi connectivity index (χ4v) is 1.88. The van der Waals surface area contributed by atoms with Gasteiger partial charge in [0.15, 0.2) is 6.29 Å². The fourth-order valence-electron chi connectivity index (χ4n) is 1.27. The lowest BCUT2D eigenvalue weighted by Gasteiger charge is -2.05. The number of hydrogen-bond acceptors (Lipinski definition) is 4. The Morgan fingerprint density at radius 2 is 2.29 bits per heavy atom. The van der Waals surface area contributed by atoms with E-state index in [4.69, 9.17) is 10.00 Å². The van der Waals surface area contributed by atoms with Crippen molar-refractivity contribution in [2.24, 2.45) is 0 Å². The Morgan fingerprint density at radius 1 is 1.47 bits per heavy atom. The fraction of sp³-hybridized carbons (Fsp3) is 0. The van der Waals surface area contributed by atoms with Crippen molar-refractivity contribution >= 4 is 17.6 Å². The molecular weight excluding hydrogens is 241 g/mol. The summed E-state index contributed by atoms with van der Waals surface area (Å²) in [6.07, 6.45) is 0.703. The molecule has 84 valence electrons. The van der Waals surface area contributed by atoms with Crippen molar-refractivity contribution < 1.29 is 13.9 Å². The average molecular weight is 247 g/mol.